The van der Waals surface area contributed by atoms with Crippen molar-refractivity contribution in [3.8, 4) is 0 Å². The highest BCUT2D eigenvalue weighted by Gasteiger charge is 2.18. The molecule has 146 valence electrons. The summed E-state index contributed by atoms with van der Waals surface area (Å²) in [6, 6.07) is 15.2. The number of hydrogen-bond acceptors (Lipinski definition) is 3. The Morgan fingerprint density at radius 3 is 2.32 bits per heavy atom. The van der Waals surface area contributed by atoms with Gasteiger partial charge in [0.2, 0.25) is 0 Å². The van der Waals surface area contributed by atoms with E-state index in [1.54, 1.807) is 0 Å². The zero-order valence-electron chi connectivity index (χ0n) is 16.0. The monoisotopic (exact) mass is 379 g/mol. The van der Waals surface area contributed by atoms with E-state index in [0.29, 0.717) is 12.5 Å². The summed E-state index contributed by atoms with van der Waals surface area (Å²) in [5.41, 5.74) is 9.68. The number of aliphatic imine (C=N–C) groups is 1. The largest absolute Gasteiger partial charge is 0.370 e. The first-order chi connectivity index (χ1) is 13.7. The summed E-state index contributed by atoms with van der Waals surface area (Å²) in [7, 11) is 0. The van der Waals surface area contributed by atoms with Gasteiger partial charge >= 0.3 is 0 Å². The summed E-state index contributed by atoms with van der Waals surface area (Å²) < 4.78 is 13.1. The molecule has 1 fully saturated rings. The molecule has 0 atom stereocenters. The molecule has 2 aliphatic rings. The average molecular weight is 379 g/mol. The summed E-state index contributed by atoms with van der Waals surface area (Å²) in [5.74, 6) is 0.385. The molecule has 0 spiro atoms. The molecule has 28 heavy (non-hydrogen) atoms. The molecule has 0 saturated carbocycles. The van der Waals surface area contributed by atoms with Crippen molar-refractivity contribution in [3.05, 3.63) is 72.1 Å². The Kier molecular flexibility index (Phi) is 5.46. The number of nitrogens with zero attached hydrogens (tertiary/aromatic N) is 4. The molecule has 2 aromatic rings. The molecule has 2 heterocycles. The summed E-state index contributed by atoms with van der Waals surface area (Å²) in [4.78, 5) is 11.3. The summed E-state index contributed by atoms with van der Waals surface area (Å²) in [6.07, 6.45) is 4.38. The Hall–Kier alpha value is -3.02. The van der Waals surface area contributed by atoms with Gasteiger partial charge in [-0.25, -0.2) is 9.38 Å². The number of rotatable bonds is 4. The maximum Gasteiger partial charge on any atom is 0.191 e. The molecule has 0 bridgehead atoms. The van der Waals surface area contributed by atoms with Crippen LogP contribution in [-0.4, -0.2) is 50.1 Å². The topological polar surface area (TPSA) is 48.1 Å². The second-order valence-corrected chi connectivity index (χ2v) is 7.17. The third-order valence-electron chi connectivity index (χ3n) is 5.31. The molecular formula is C22H26FN5. The number of anilines is 2. The van der Waals surface area contributed by atoms with Crippen molar-refractivity contribution in [2.45, 2.75) is 6.54 Å². The van der Waals surface area contributed by atoms with E-state index in [1.165, 1.54) is 17.8 Å². The predicted octanol–water partition coefficient (Wildman–Crippen LogP) is 2.84. The van der Waals surface area contributed by atoms with Gasteiger partial charge in [-0.15, -0.1) is 0 Å². The Morgan fingerprint density at radius 1 is 0.893 bits per heavy atom. The molecule has 0 unspecified atom stereocenters. The van der Waals surface area contributed by atoms with E-state index in [2.05, 4.69) is 56.1 Å². The summed E-state index contributed by atoms with van der Waals surface area (Å²) in [5, 5.41) is 0. The van der Waals surface area contributed by atoms with Crippen molar-refractivity contribution < 1.29 is 4.39 Å². The van der Waals surface area contributed by atoms with Gasteiger partial charge in [-0.2, -0.15) is 0 Å². The highest BCUT2D eigenvalue weighted by Crippen LogP contribution is 2.19. The minimum atomic E-state index is -0.205. The quantitative estimate of drug-likeness (QED) is 0.504. The van der Waals surface area contributed by atoms with Gasteiger partial charge in [0, 0.05) is 50.6 Å². The number of halogens is 1. The number of guanidine groups is 1. The van der Waals surface area contributed by atoms with E-state index in [4.69, 9.17) is 5.73 Å². The van der Waals surface area contributed by atoms with Crippen LogP contribution >= 0.6 is 0 Å². The zero-order chi connectivity index (χ0) is 19.3. The summed E-state index contributed by atoms with van der Waals surface area (Å²) in [6.45, 7) is 5.83. The van der Waals surface area contributed by atoms with Gasteiger partial charge in [0.1, 0.15) is 5.82 Å². The van der Waals surface area contributed by atoms with Crippen molar-refractivity contribution in [1.82, 2.24) is 4.90 Å². The first-order valence-corrected chi connectivity index (χ1v) is 9.73. The highest BCUT2D eigenvalue weighted by atomic mass is 19.1. The van der Waals surface area contributed by atoms with Crippen LogP contribution in [0.5, 0.6) is 0 Å². The molecule has 5 nitrogen and oxygen atoms in total. The van der Waals surface area contributed by atoms with E-state index >= 15 is 0 Å². The Bertz CT molecular complexity index is 845. The molecule has 0 radical (unpaired) electrons. The Labute approximate surface area is 165 Å². The number of hydrogen-bond donors (Lipinski definition) is 1. The first kappa shape index (κ1) is 18.3. The lowest BCUT2D eigenvalue weighted by atomic mass is 10.2. The van der Waals surface area contributed by atoms with Gasteiger partial charge in [0.15, 0.2) is 5.96 Å². The van der Waals surface area contributed by atoms with E-state index < -0.39 is 0 Å². The second-order valence-electron chi connectivity index (χ2n) is 7.17. The van der Waals surface area contributed by atoms with Crippen LogP contribution in [0, 0.1) is 5.82 Å². The molecule has 2 aliphatic heterocycles. The minimum Gasteiger partial charge on any atom is -0.370 e. The van der Waals surface area contributed by atoms with E-state index in [1.807, 2.05) is 12.1 Å². The standard InChI is InChI=1S/C22H26FN5/c23-19-6-8-20(9-7-19)27-12-14-28(15-13-27)22(24)25-17-18-4-3-5-21(16-18)26-10-1-2-11-26/h1-9,16H,10-15,17H2,(H2,24,25). The molecular weight excluding hydrogens is 353 g/mol. The molecule has 2 N–H and O–H groups in total. The normalized spacial score (nSPS) is 17.5. The zero-order valence-corrected chi connectivity index (χ0v) is 16.0. The minimum absolute atomic E-state index is 0.205. The summed E-state index contributed by atoms with van der Waals surface area (Å²) >= 11 is 0. The van der Waals surface area contributed by atoms with Gasteiger partial charge in [0.25, 0.3) is 0 Å². The van der Waals surface area contributed by atoms with Crippen LogP contribution in [0.3, 0.4) is 0 Å². The maximum absolute atomic E-state index is 13.1. The maximum atomic E-state index is 13.1. The SMILES string of the molecule is NC(=NCc1cccc(N2CC=CC2)c1)N1CCN(c2ccc(F)cc2)CC1. The van der Waals surface area contributed by atoms with Crippen molar-refractivity contribution in [3.63, 3.8) is 0 Å². The molecule has 0 aliphatic carbocycles. The average Bonchev–Trinajstić information content (AvgIpc) is 3.28. The van der Waals surface area contributed by atoms with Crippen LogP contribution < -0.4 is 15.5 Å². The van der Waals surface area contributed by atoms with Crippen molar-refractivity contribution in [1.29, 1.82) is 0 Å². The highest BCUT2D eigenvalue weighted by molar-refractivity contribution is 5.78. The lowest BCUT2D eigenvalue weighted by Crippen LogP contribution is -2.51. The van der Waals surface area contributed by atoms with Gasteiger partial charge < -0.3 is 20.4 Å². The van der Waals surface area contributed by atoms with Crippen LogP contribution in [-0.2, 0) is 6.54 Å². The smallest absolute Gasteiger partial charge is 0.191 e. The lowest BCUT2D eigenvalue weighted by molar-refractivity contribution is 0.380. The molecule has 6 heteroatoms. The van der Waals surface area contributed by atoms with Gasteiger partial charge in [-0.1, -0.05) is 24.3 Å². The van der Waals surface area contributed by atoms with Crippen molar-refractivity contribution in [2.24, 2.45) is 10.7 Å². The number of benzene rings is 2. The third-order valence-corrected chi connectivity index (χ3v) is 5.31. The third kappa shape index (κ3) is 4.27. The fraction of sp³-hybridized carbons (Fsp3) is 0.318. The second kappa shape index (κ2) is 8.33. The molecule has 0 aromatic heterocycles. The van der Waals surface area contributed by atoms with Gasteiger partial charge in [-0.3, -0.25) is 0 Å². The molecule has 0 amide bonds. The number of nitrogens with two attached hydrogens (primary N) is 1. The van der Waals surface area contributed by atoms with Crippen LogP contribution in [0.25, 0.3) is 0 Å². The molecule has 4 rings (SSSR count). The van der Waals surface area contributed by atoms with Crippen LogP contribution in [0.1, 0.15) is 5.56 Å². The predicted molar refractivity (Wildman–Crippen MR) is 113 cm³/mol. The molecule has 1 saturated heterocycles. The number of piperazine rings is 1. The van der Waals surface area contributed by atoms with E-state index in [-0.39, 0.29) is 5.82 Å². The van der Waals surface area contributed by atoms with Gasteiger partial charge in [-0.05, 0) is 42.0 Å². The van der Waals surface area contributed by atoms with E-state index in [0.717, 1.165) is 50.5 Å². The van der Waals surface area contributed by atoms with Gasteiger partial charge in [0.05, 0.1) is 6.54 Å². The van der Waals surface area contributed by atoms with E-state index in [9.17, 15) is 4.39 Å². The van der Waals surface area contributed by atoms with Crippen LogP contribution in [0.15, 0.2) is 65.7 Å². The Balaban J connectivity index is 1.32. The van der Waals surface area contributed by atoms with Crippen LogP contribution in [0.2, 0.25) is 0 Å². The van der Waals surface area contributed by atoms with Crippen molar-refractivity contribution in [2.75, 3.05) is 49.1 Å². The fourth-order valence-corrected chi connectivity index (χ4v) is 3.66. The van der Waals surface area contributed by atoms with Crippen molar-refractivity contribution >= 4 is 17.3 Å². The Morgan fingerprint density at radius 2 is 1.61 bits per heavy atom. The fourth-order valence-electron chi connectivity index (χ4n) is 3.66. The first-order valence-electron chi connectivity index (χ1n) is 9.73. The molecule has 2 aromatic carbocycles. The lowest BCUT2D eigenvalue weighted by Gasteiger charge is -2.36. The van der Waals surface area contributed by atoms with Crippen LogP contribution in [0.4, 0.5) is 15.8 Å².